The standard InChI is InChI=1S/C16H24N2O3/c1-2-21-13-16(20)18-10-8-17(9-11-18)12-15(19)14-6-4-3-5-7-14/h3-7,15,19H,2,8-13H2,1H3/t15-/m1/s1. The Morgan fingerprint density at radius 3 is 2.52 bits per heavy atom. The molecule has 5 nitrogen and oxygen atoms in total. The summed E-state index contributed by atoms with van der Waals surface area (Å²) >= 11 is 0. The number of rotatable bonds is 6. The predicted octanol–water partition coefficient (Wildman–Crippen LogP) is 0.901. The molecule has 1 amide bonds. The summed E-state index contributed by atoms with van der Waals surface area (Å²) in [6.07, 6.45) is -0.475. The minimum absolute atomic E-state index is 0.0557. The molecule has 116 valence electrons. The van der Waals surface area contributed by atoms with E-state index in [1.165, 1.54) is 0 Å². The highest BCUT2D eigenvalue weighted by molar-refractivity contribution is 5.77. The van der Waals surface area contributed by atoms with Gasteiger partial charge >= 0.3 is 0 Å². The fourth-order valence-corrected chi connectivity index (χ4v) is 2.49. The topological polar surface area (TPSA) is 53.0 Å². The highest BCUT2D eigenvalue weighted by atomic mass is 16.5. The van der Waals surface area contributed by atoms with Gasteiger partial charge in [0.1, 0.15) is 6.61 Å². The van der Waals surface area contributed by atoms with Gasteiger partial charge in [0, 0.05) is 39.3 Å². The molecule has 0 radical (unpaired) electrons. The molecule has 21 heavy (non-hydrogen) atoms. The van der Waals surface area contributed by atoms with Crippen molar-refractivity contribution in [2.75, 3.05) is 45.9 Å². The Morgan fingerprint density at radius 1 is 1.24 bits per heavy atom. The summed E-state index contributed by atoms with van der Waals surface area (Å²) in [5.41, 5.74) is 0.937. The molecule has 1 aliphatic heterocycles. The van der Waals surface area contributed by atoms with Crippen LogP contribution in [0.5, 0.6) is 0 Å². The maximum absolute atomic E-state index is 11.8. The molecule has 0 saturated carbocycles. The van der Waals surface area contributed by atoms with Gasteiger partial charge in [-0.2, -0.15) is 0 Å². The normalized spacial score (nSPS) is 17.7. The highest BCUT2D eigenvalue weighted by Gasteiger charge is 2.22. The molecule has 1 N–H and O–H groups in total. The second-order valence-electron chi connectivity index (χ2n) is 5.25. The Labute approximate surface area is 126 Å². The Balaban J connectivity index is 1.75. The van der Waals surface area contributed by atoms with Crippen LogP contribution in [0.2, 0.25) is 0 Å². The number of aliphatic hydroxyl groups is 1. The van der Waals surface area contributed by atoms with E-state index >= 15 is 0 Å². The van der Waals surface area contributed by atoms with E-state index in [4.69, 9.17) is 4.74 Å². The molecule has 2 rings (SSSR count). The maximum Gasteiger partial charge on any atom is 0.248 e. The van der Waals surface area contributed by atoms with Crippen molar-refractivity contribution in [1.29, 1.82) is 0 Å². The first-order chi connectivity index (χ1) is 10.2. The fraction of sp³-hybridized carbons (Fsp3) is 0.562. The first-order valence-electron chi connectivity index (χ1n) is 7.51. The summed E-state index contributed by atoms with van der Waals surface area (Å²) < 4.78 is 5.15. The second-order valence-corrected chi connectivity index (χ2v) is 5.25. The van der Waals surface area contributed by atoms with Crippen molar-refractivity contribution in [3.05, 3.63) is 35.9 Å². The van der Waals surface area contributed by atoms with Crippen molar-refractivity contribution in [3.63, 3.8) is 0 Å². The van der Waals surface area contributed by atoms with Crippen LogP contribution in [0.1, 0.15) is 18.6 Å². The number of carbonyl (C=O) groups excluding carboxylic acids is 1. The van der Waals surface area contributed by atoms with Crippen molar-refractivity contribution in [3.8, 4) is 0 Å². The smallest absolute Gasteiger partial charge is 0.248 e. The summed E-state index contributed by atoms with van der Waals surface area (Å²) in [6.45, 7) is 6.22. The summed E-state index contributed by atoms with van der Waals surface area (Å²) in [4.78, 5) is 15.9. The van der Waals surface area contributed by atoms with E-state index in [-0.39, 0.29) is 12.5 Å². The largest absolute Gasteiger partial charge is 0.387 e. The molecule has 0 aromatic heterocycles. The number of benzene rings is 1. The molecule has 1 atom stereocenters. The molecule has 5 heteroatoms. The summed E-state index contributed by atoms with van der Waals surface area (Å²) in [7, 11) is 0. The number of ether oxygens (including phenoxy) is 1. The minimum Gasteiger partial charge on any atom is -0.387 e. The van der Waals surface area contributed by atoms with Crippen molar-refractivity contribution in [1.82, 2.24) is 9.80 Å². The number of hydrogen-bond acceptors (Lipinski definition) is 4. The number of β-amino-alcohol motifs (C(OH)–C–C–N with tert-alkyl or cyclic N) is 1. The molecule has 0 bridgehead atoms. The molecule has 0 aliphatic carbocycles. The molecule has 1 heterocycles. The van der Waals surface area contributed by atoms with Crippen molar-refractivity contribution in [2.45, 2.75) is 13.0 Å². The lowest BCUT2D eigenvalue weighted by atomic mass is 10.1. The third kappa shape index (κ3) is 4.81. The monoisotopic (exact) mass is 292 g/mol. The molecule has 0 spiro atoms. The second kappa shape index (κ2) is 8.12. The van der Waals surface area contributed by atoms with E-state index in [2.05, 4.69) is 4.90 Å². The zero-order valence-electron chi connectivity index (χ0n) is 12.6. The Morgan fingerprint density at radius 2 is 1.90 bits per heavy atom. The van der Waals surface area contributed by atoms with Crippen LogP contribution in [0, 0.1) is 0 Å². The van der Waals surface area contributed by atoms with Crippen LogP contribution in [0.15, 0.2) is 30.3 Å². The Hall–Kier alpha value is -1.43. The van der Waals surface area contributed by atoms with Crippen LogP contribution in [-0.4, -0.2) is 66.8 Å². The van der Waals surface area contributed by atoms with E-state index in [0.29, 0.717) is 26.2 Å². The van der Waals surface area contributed by atoms with Crippen molar-refractivity contribution >= 4 is 5.91 Å². The van der Waals surface area contributed by atoms with E-state index in [1.54, 1.807) is 0 Å². The lowest BCUT2D eigenvalue weighted by Gasteiger charge is -2.35. The summed E-state index contributed by atoms with van der Waals surface area (Å²) in [5.74, 6) is 0.0557. The quantitative estimate of drug-likeness (QED) is 0.846. The van der Waals surface area contributed by atoms with Crippen molar-refractivity contribution in [2.24, 2.45) is 0 Å². The number of piperazine rings is 1. The number of amides is 1. The van der Waals surface area contributed by atoms with Crippen LogP contribution >= 0.6 is 0 Å². The van der Waals surface area contributed by atoms with Gasteiger partial charge in [0.25, 0.3) is 0 Å². The van der Waals surface area contributed by atoms with Crippen LogP contribution in [0.3, 0.4) is 0 Å². The van der Waals surface area contributed by atoms with Gasteiger partial charge in [0.05, 0.1) is 6.10 Å². The molecule has 1 saturated heterocycles. The first-order valence-corrected chi connectivity index (χ1v) is 7.51. The van der Waals surface area contributed by atoms with Gasteiger partial charge in [-0.05, 0) is 12.5 Å². The lowest BCUT2D eigenvalue weighted by Crippen LogP contribution is -2.50. The molecular formula is C16H24N2O3. The van der Waals surface area contributed by atoms with Gasteiger partial charge in [-0.25, -0.2) is 0 Å². The SMILES string of the molecule is CCOCC(=O)N1CCN(C[C@@H](O)c2ccccc2)CC1. The Bertz CT molecular complexity index is 430. The van der Waals surface area contributed by atoms with Crippen molar-refractivity contribution < 1.29 is 14.6 Å². The zero-order valence-corrected chi connectivity index (χ0v) is 12.6. The highest BCUT2D eigenvalue weighted by Crippen LogP contribution is 2.14. The molecule has 0 unspecified atom stereocenters. The molecule has 1 fully saturated rings. The average molecular weight is 292 g/mol. The summed E-state index contributed by atoms with van der Waals surface area (Å²) in [5, 5.41) is 10.2. The molecule has 1 aromatic carbocycles. The first kappa shape index (κ1) is 15.9. The predicted molar refractivity (Wildman–Crippen MR) is 80.9 cm³/mol. The summed E-state index contributed by atoms with van der Waals surface area (Å²) in [6, 6.07) is 9.68. The minimum atomic E-state index is -0.475. The maximum atomic E-state index is 11.8. The number of nitrogens with zero attached hydrogens (tertiary/aromatic N) is 2. The van der Waals surface area contributed by atoms with Gasteiger partial charge in [0.2, 0.25) is 5.91 Å². The number of aliphatic hydroxyl groups excluding tert-OH is 1. The van der Waals surface area contributed by atoms with Crippen LogP contribution in [-0.2, 0) is 9.53 Å². The third-order valence-corrected chi connectivity index (χ3v) is 3.77. The number of hydrogen-bond donors (Lipinski definition) is 1. The van der Waals surface area contributed by atoms with Gasteiger partial charge in [0.15, 0.2) is 0 Å². The zero-order chi connectivity index (χ0) is 15.1. The Kier molecular flexibility index (Phi) is 6.17. The van der Waals surface area contributed by atoms with Crippen LogP contribution < -0.4 is 0 Å². The lowest BCUT2D eigenvalue weighted by molar-refractivity contribution is -0.137. The van der Waals surface area contributed by atoms with E-state index in [9.17, 15) is 9.90 Å². The third-order valence-electron chi connectivity index (χ3n) is 3.77. The van der Waals surface area contributed by atoms with E-state index in [1.807, 2.05) is 42.2 Å². The molecule has 1 aromatic rings. The number of carbonyl (C=O) groups is 1. The van der Waals surface area contributed by atoms with Gasteiger partial charge in [-0.1, -0.05) is 30.3 Å². The van der Waals surface area contributed by atoms with Gasteiger partial charge < -0.3 is 14.7 Å². The molecular weight excluding hydrogens is 268 g/mol. The molecule has 1 aliphatic rings. The van der Waals surface area contributed by atoms with Crippen LogP contribution in [0.25, 0.3) is 0 Å². The average Bonchev–Trinajstić information content (AvgIpc) is 2.54. The van der Waals surface area contributed by atoms with E-state index in [0.717, 1.165) is 18.7 Å². The van der Waals surface area contributed by atoms with E-state index < -0.39 is 6.10 Å². The van der Waals surface area contributed by atoms with Gasteiger partial charge in [-0.15, -0.1) is 0 Å². The fourth-order valence-electron chi connectivity index (χ4n) is 2.49. The van der Waals surface area contributed by atoms with Crippen LogP contribution in [0.4, 0.5) is 0 Å². The van der Waals surface area contributed by atoms with Gasteiger partial charge in [-0.3, -0.25) is 9.69 Å².